The van der Waals surface area contributed by atoms with Crippen molar-refractivity contribution in [3.63, 3.8) is 0 Å². The normalized spacial score (nSPS) is 14.7. The topological polar surface area (TPSA) is 44.1 Å². The summed E-state index contributed by atoms with van der Waals surface area (Å²) in [6.45, 7) is 3.61. The monoisotopic (exact) mass is 338 g/mol. The Labute approximate surface area is 137 Å². The molecule has 0 unspecified atom stereocenters. The number of halogens is 3. The Morgan fingerprint density at radius 2 is 2.08 bits per heavy atom. The molecule has 1 aliphatic carbocycles. The Kier molecular flexibility index (Phi) is 4.11. The highest BCUT2D eigenvalue weighted by Gasteiger charge is 2.36. The summed E-state index contributed by atoms with van der Waals surface area (Å²) in [6, 6.07) is 4.97. The van der Waals surface area contributed by atoms with Gasteiger partial charge in [-0.1, -0.05) is 6.07 Å². The van der Waals surface area contributed by atoms with Gasteiger partial charge in [-0.3, -0.25) is 0 Å². The number of hydrogen-bond acceptors (Lipinski definition) is 3. The van der Waals surface area contributed by atoms with Crippen LogP contribution < -0.4 is 0 Å². The van der Waals surface area contributed by atoms with Crippen molar-refractivity contribution in [2.45, 2.75) is 38.8 Å². The fourth-order valence-electron chi connectivity index (χ4n) is 2.75. The number of carbonyl (C=O) groups excluding carboxylic acids is 1. The molecule has 0 atom stereocenters. The summed E-state index contributed by atoms with van der Waals surface area (Å²) in [4.78, 5) is 12.2. The zero-order chi connectivity index (χ0) is 17.5. The minimum absolute atomic E-state index is 0.125. The van der Waals surface area contributed by atoms with E-state index in [1.165, 1.54) is 10.7 Å². The van der Waals surface area contributed by atoms with Gasteiger partial charge in [0, 0.05) is 5.92 Å². The van der Waals surface area contributed by atoms with E-state index < -0.39 is 17.7 Å². The van der Waals surface area contributed by atoms with E-state index in [1.54, 1.807) is 19.9 Å². The van der Waals surface area contributed by atoms with Crippen LogP contribution in [0.3, 0.4) is 0 Å². The summed E-state index contributed by atoms with van der Waals surface area (Å²) in [5.74, 6) is -0.352. The van der Waals surface area contributed by atoms with Gasteiger partial charge in [0.2, 0.25) is 0 Å². The van der Waals surface area contributed by atoms with Gasteiger partial charge in [-0.05, 0) is 44.9 Å². The Hall–Kier alpha value is -2.31. The number of ether oxygens (including phenoxy) is 1. The Morgan fingerprint density at radius 1 is 1.38 bits per heavy atom. The highest BCUT2D eigenvalue weighted by atomic mass is 19.4. The van der Waals surface area contributed by atoms with E-state index in [0.717, 1.165) is 25.0 Å². The number of nitrogens with zero attached hydrogens (tertiary/aromatic N) is 2. The number of benzene rings is 1. The lowest BCUT2D eigenvalue weighted by Gasteiger charge is -2.11. The van der Waals surface area contributed by atoms with Crippen LogP contribution in [0.2, 0.25) is 0 Å². The lowest BCUT2D eigenvalue weighted by atomic mass is 10.1. The lowest BCUT2D eigenvalue weighted by Crippen LogP contribution is -2.10. The largest absolute Gasteiger partial charge is 0.462 e. The molecule has 1 fully saturated rings. The van der Waals surface area contributed by atoms with Gasteiger partial charge in [0.15, 0.2) is 0 Å². The summed E-state index contributed by atoms with van der Waals surface area (Å²) in [6.07, 6.45) is -2.66. The Morgan fingerprint density at radius 3 is 2.67 bits per heavy atom. The highest BCUT2D eigenvalue weighted by molar-refractivity contribution is 5.92. The van der Waals surface area contributed by atoms with Crippen molar-refractivity contribution >= 4 is 5.97 Å². The van der Waals surface area contributed by atoms with E-state index in [4.69, 9.17) is 4.74 Å². The quantitative estimate of drug-likeness (QED) is 0.783. The fraction of sp³-hybridized carbons (Fsp3) is 0.412. The van der Waals surface area contributed by atoms with Crippen molar-refractivity contribution in [3.05, 3.63) is 46.8 Å². The molecule has 0 aliphatic heterocycles. The molecule has 1 aromatic carbocycles. The van der Waals surface area contributed by atoms with E-state index in [2.05, 4.69) is 5.10 Å². The van der Waals surface area contributed by atoms with Crippen molar-refractivity contribution in [2.75, 3.05) is 6.61 Å². The average molecular weight is 338 g/mol. The van der Waals surface area contributed by atoms with Gasteiger partial charge in [0.05, 0.1) is 29.2 Å². The van der Waals surface area contributed by atoms with Crippen LogP contribution in [0.4, 0.5) is 13.2 Å². The summed E-state index contributed by atoms with van der Waals surface area (Å²) in [5.41, 5.74) is 1.03. The second kappa shape index (κ2) is 5.96. The van der Waals surface area contributed by atoms with Crippen LogP contribution in [0.5, 0.6) is 0 Å². The fourth-order valence-corrected chi connectivity index (χ4v) is 2.75. The van der Waals surface area contributed by atoms with Crippen molar-refractivity contribution < 1.29 is 22.7 Å². The van der Waals surface area contributed by atoms with Gasteiger partial charge in [0.1, 0.15) is 5.56 Å². The van der Waals surface area contributed by atoms with Crippen LogP contribution >= 0.6 is 0 Å². The molecule has 7 heteroatoms. The molecular weight excluding hydrogens is 321 g/mol. The van der Waals surface area contributed by atoms with E-state index in [1.807, 2.05) is 0 Å². The van der Waals surface area contributed by atoms with E-state index >= 15 is 0 Å². The van der Waals surface area contributed by atoms with Gasteiger partial charge in [-0.2, -0.15) is 18.3 Å². The average Bonchev–Trinajstić information content (AvgIpc) is 3.29. The van der Waals surface area contributed by atoms with Crippen LogP contribution in [-0.4, -0.2) is 22.4 Å². The first-order valence-corrected chi connectivity index (χ1v) is 7.77. The van der Waals surface area contributed by atoms with Crippen molar-refractivity contribution in [1.82, 2.24) is 9.78 Å². The number of rotatable bonds is 4. The number of alkyl halides is 3. The highest BCUT2D eigenvalue weighted by Crippen LogP contribution is 2.43. The van der Waals surface area contributed by atoms with Crippen LogP contribution in [0.1, 0.15) is 53.0 Å². The Bertz CT molecular complexity index is 777. The van der Waals surface area contributed by atoms with Crippen LogP contribution in [0, 0.1) is 6.92 Å². The number of esters is 1. The van der Waals surface area contributed by atoms with E-state index in [9.17, 15) is 18.0 Å². The maximum absolute atomic E-state index is 13.0. The molecule has 0 amide bonds. The zero-order valence-electron chi connectivity index (χ0n) is 13.4. The van der Waals surface area contributed by atoms with E-state index in [-0.39, 0.29) is 12.5 Å². The molecule has 0 radical (unpaired) electrons. The van der Waals surface area contributed by atoms with Crippen molar-refractivity contribution in [2.24, 2.45) is 0 Å². The molecule has 0 saturated heterocycles. The molecule has 1 aromatic heterocycles. The third-order valence-electron chi connectivity index (χ3n) is 3.96. The first-order valence-electron chi connectivity index (χ1n) is 7.77. The van der Waals surface area contributed by atoms with Gasteiger partial charge < -0.3 is 4.74 Å². The predicted molar refractivity (Wildman–Crippen MR) is 81.2 cm³/mol. The van der Waals surface area contributed by atoms with Crippen LogP contribution in [-0.2, 0) is 10.9 Å². The molecule has 0 bridgehead atoms. The number of carbonyl (C=O) groups is 1. The second-order valence-electron chi connectivity index (χ2n) is 5.80. The van der Waals surface area contributed by atoms with Crippen molar-refractivity contribution in [3.8, 4) is 5.69 Å². The molecule has 1 saturated carbocycles. The molecular formula is C17H17F3N2O2. The molecule has 4 nitrogen and oxygen atoms in total. The Balaban J connectivity index is 2.12. The van der Waals surface area contributed by atoms with E-state index in [0.29, 0.717) is 22.6 Å². The van der Waals surface area contributed by atoms with Gasteiger partial charge in [0.25, 0.3) is 0 Å². The molecule has 1 aliphatic rings. The van der Waals surface area contributed by atoms with Crippen LogP contribution in [0.15, 0.2) is 24.3 Å². The maximum Gasteiger partial charge on any atom is 0.416 e. The zero-order valence-corrected chi connectivity index (χ0v) is 13.4. The number of aromatic nitrogens is 2. The summed E-state index contributed by atoms with van der Waals surface area (Å²) in [7, 11) is 0. The number of aryl methyl sites for hydroxylation is 1. The minimum atomic E-state index is -4.43. The molecule has 2 aromatic rings. The van der Waals surface area contributed by atoms with Gasteiger partial charge >= 0.3 is 12.1 Å². The number of hydrogen-bond donors (Lipinski definition) is 0. The third kappa shape index (κ3) is 3.02. The smallest absolute Gasteiger partial charge is 0.416 e. The van der Waals surface area contributed by atoms with Gasteiger partial charge in [-0.25, -0.2) is 9.48 Å². The molecule has 0 spiro atoms. The SMILES string of the molecule is CCOC(=O)c1c(C)nn(-c2cccc(C(F)(F)F)c2)c1C1CC1. The lowest BCUT2D eigenvalue weighted by molar-refractivity contribution is -0.137. The van der Waals surface area contributed by atoms with Gasteiger partial charge in [-0.15, -0.1) is 0 Å². The molecule has 24 heavy (non-hydrogen) atoms. The molecule has 128 valence electrons. The maximum atomic E-state index is 13.0. The first-order chi connectivity index (χ1) is 11.3. The molecule has 3 rings (SSSR count). The summed E-state index contributed by atoms with van der Waals surface area (Å²) < 4.78 is 45.4. The molecule has 1 heterocycles. The minimum Gasteiger partial charge on any atom is -0.462 e. The second-order valence-corrected chi connectivity index (χ2v) is 5.80. The van der Waals surface area contributed by atoms with Crippen molar-refractivity contribution in [1.29, 1.82) is 0 Å². The standard InChI is InChI=1S/C17H17F3N2O2/c1-3-24-16(23)14-10(2)21-22(15(14)11-7-8-11)13-6-4-5-12(9-13)17(18,19)20/h4-6,9,11H,3,7-8H2,1-2H3. The summed E-state index contributed by atoms with van der Waals surface area (Å²) in [5, 5.41) is 4.32. The third-order valence-corrected chi connectivity index (χ3v) is 3.96. The summed E-state index contributed by atoms with van der Waals surface area (Å²) >= 11 is 0. The van der Waals surface area contributed by atoms with Crippen LogP contribution in [0.25, 0.3) is 5.69 Å². The first kappa shape index (κ1) is 16.5. The predicted octanol–water partition coefficient (Wildman–Crippen LogP) is 4.25. The molecule has 0 N–H and O–H groups in total.